The summed E-state index contributed by atoms with van der Waals surface area (Å²) in [6.07, 6.45) is -1.19. The van der Waals surface area contributed by atoms with Crippen molar-refractivity contribution < 1.29 is 57.1 Å². The maximum absolute atomic E-state index is 13.5. The zero-order valence-corrected chi connectivity index (χ0v) is 18.0. The molecule has 33 heavy (non-hydrogen) atoms. The largest absolute Gasteiger partial charge is 0.462 e. The van der Waals surface area contributed by atoms with Crippen molar-refractivity contribution in [1.82, 2.24) is 0 Å². The molecule has 4 atom stereocenters. The van der Waals surface area contributed by atoms with Crippen molar-refractivity contribution in [3.05, 3.63) is 0 Å². The quantitative estimate of drug-likeness (QED) is 0.147. The van der Waals surface area contributed by atoms with E-state index in [1.165, 1.54) is 0 Å². The van der Waals surface area contributed by atoms with E-state index in [1.807, 2.05) is 0 Å². The lowest BCUT2D eigenvalue weighted by Gasteiger charge is -2.37. The van der Waals surface area contributed by atoms with Gasteiger partial charge in [0.1, 0.15) is 50.8 Å². The van der Waals surface area contributed by atoms with Gasteiger partial charge in [-0.05, 0) is 19.3 Å². The van der Waals surface area contributed by atoms with E-state index in [4.69, 9.17) is 37.9 Å². The standard InChI is InChI=1S/C21H26O12/c22-16(30-8-12-4-26-12)20(17(23)31-9-13-5-27-13)2-1-3-21(20,18(24)32-10-14-6-28-14)19(25)33-11-15-7-29-15/h12-15H,1-11H2. The Morgan fingerprint density at radius 3 is 1.00 bits per heavy atom. The maximum Gasteiger partial charge on any atom is 0.325 e. The molecular weight excluding hydrogens is 444 g/mol. The minimum Gasteiger partial charge on any atom is -0.462 e. The zero-order chi connectivity index (χ0) is 23.1. The minimum atomic E-state index is -2.25. The third kappa shape index (κ3) is 4.57. The van der Waals surface area contributed by atoms with Crippen LogP contribution < -0.4 is 0 Å². The van der Waals surface area contributed by atoms with E-state index >= 15 is 0 Å². The molecule has 4 heterocycles. The van der Waals surface area contributed by atoms with E-state index in [2.05, 4.69) is 0 Å². The molecule has 0 amide bonds. The van der Waals surface area contributed by atoms with Crippen molar-refractivity contribution in [2.24, 2.45) is 10.8 Å². The smallest absolute Gasteiger partial charge is 0.325 e. The summed E-state index contributed by atoms with van der Waals surface area (Å²) in [6.45, 7) is 1.25. The third-order valence-corrected chi connectivity index (χ3v) is 6.44. The van der Waals surface area contributed by atoms with Gasteiger partial charge in [0.05, 0.1) is 26.4 Å². The molecule has 182 valence electrons. The number of hydrogen-bond acceptors (Lipinski definition) is 12. The molecule has 0 N–H and O–H groups in total. The van der Waals surface area contributed by atoms with Crippen LogP contribution in [0.5, 0.6) is 0 Å². The Morgan fingerprint density at radius 2 is 0.788 bits per heavy atom. The van der Waals surface area contributed by atoms with Crippen LogP contribution >= 0.6 is 0 Å². The average Bonchev–Trinajstić information content (AvgIpc) is 3.60. The number of carbonyl (C=O) groups is 4. The van der Waals surface area contributed by atoms with Gasteiger partial charge in [0.2, 0.25) is 0 Å². The van der Waals surface area contributed by atoms with Gasteiger partial charge in [-0.25, -0.2) is 0 Å². The molecule has 0 bridgehead atoms. The molecule has 12 nitrogen and oxygen atoms in total. The molecule has 0 aromatic heterocycles. The highest BCUT2D eigenvalue weighted by Crippen LogP contribution is 2.56. The number of rotatable bonds is 12. The van der Waals surface area contributed by atoms with Gasteiger partial charge >= 0.3 is 23.9 Å². The molecule has 1 aliphatic carbocycles. The summed E-state index contributed by atoms with van der Waals surface area (Å²) in [4.78, 5) is 53.8. The molecule has 0 aromatic rings. The fourth-order valence-electron chi connectivity index (χ4n) is 4.14. The SMILES string of the molecule is O=C(OCC1CO1)C1(C(=O)OCC2CO2)CCCC1(C(=O)OCC1CO1)C(=O)OCC1CO1. The summed E-state index contributed by atoms with van der Waals surface area (Å²) in [6, 6.07) is 0. The number of ether oxygens (including phenoxy) is 8. The summed E-state index contributed by atoms with van der Waals surface area (Å²) >= 11 is 0. The van der Waals surface area contributed by atoms with Gasteiger partial charge < -0.3 is 37.9 Å². The van der Waals surface area contributed by atoms with Gasteiger partial charge in [-0.15, -0.1) is 0 Å². The topological polar surface area (TPSA) is 155 Å². The molecule has 0 spiro atoms. The van der Waals surface area contributed by atoms with Crippen molar-refractivity contribution in [3.8, 4) is 0 Å². The molecule has 12 heteroatoms. The second-order valence-electron chi connectivity index (χ2n) is 8.88. The number of hydrogen-bond donors (Lipinski definition) is 0. The van der Waals surface area contributed by atoms with E-state index in [0.717, 1.165) is 0 Å². The molecule has 5 aliphatic rings. The summed E-state index contributed by atoms with van der Waals surface area (Å²) in [7, 11) is 0. The highest BCUT2D eigenvalue weighted by molar-refractivity contribution is 6.15. The first-order valence-corrected chi connectivity index (χ1v) is 11.1. The minimum absolute atomic E-state index is 0.106. The van der Waals surface area contributed by atoms with Crippen LogP contribution in [0.2, 0.25) is 0 Å². The van der Waals surface area contributed by atoms with E-state index in [-0.39, 0.29) is 70.1 Å². The van der Waals surface area contributed by atoms with Crippen LogP contribution in [-0.2, 0) is 57.1 Å². The predicted octanol–water partition coefficient (Wildman–Crippen LogP) is -1.09. The summed E-state index contributed by atoms with van der Waals surface area (Å²) < 4.78 is 41.8. The van der Waals surface area contributed by atoms with Crippen LogP contribution in [0.15, 0.2) is 0 Å². The first-order valence-electron chi connectivity index (χ1n) is 11.1. The first-order chi connectivity index (χ1) is 16.0. The van der Waals surface area contributed by atoms with Gasteiger partial charge in [0.15, 0.2) is 10.8 Å². The van der Waals surface area contributed by atoms with Crippen LogP contribution in [0.4, 0.5) is 0 Å². The predicted molar refractivity (Wildman–Crippen MR) is 102 cm³/mol. The number of carbonyl (C=O) groups excluding carboxylic acids is 4. The molecule has 1 saturated carbocycles. The van der Waals surface area contributed by atoms with Gasteiger partial charge in [0.25, 0.3) is 0 Å². The molecule has 4 unspecified atom stereocenters. The summed E-state index contributed by atoms with van der Waals surface area (Å²) in [5.41, 5.74) is -4.50. The zero-order valence-electron chi connectivity index (χ0n) is 18.0. The van der Waals surface area contributed by atoms with Crippen LogP contribution in [0.1, 0.15) is 19.3 Å². The number of esters is 4. The summed E-state index contributed by atoms with van der Waals surface area (Å²) in [5.74, 6) is -4.12. The van der Waals surface area contributed by atoms with Crippen LogP contribution in [0.3, 0.4) is 0 Å². The third-order valence-electron chi connectivity index (χ3n) is 6.44. The Hall–Kier alpha value is -2.28. The molecular formula is C21H26O12. The van der Waals surface area contributed by atoms with Crippen molar-refractivity contribution in [1.29, 1.82) is 0 Å². The van der Waals surface area contributed by atoms with Gasteiger partial charge in [-0.2, -0.15) is 0 Å². The Morgan fingerprint density at radius 1 is 0.545 bits per heavy atom. The lowest BCUT2D eigenvalue weighted by Crippen LogP contribution is -2.60. The monoisotopic (exact) mass is 470 g/mol. The second kappa shape index (κ2) is 8.82. The lowest BCUT2D eigenvalue weighted by molar-refractivity contribution is -0.201. The summed E-state index contributed by atoms with van der Waals surface area (Å²) in [5, 5.41) is 0. The highest BCUT2D eigenvalue weighted by atomic mass is 16.6. The molecule has 0 aromatic carbocycles. The average molecular weight is 470 g/mol. The molecule has 4 aliphatic heterocycles. The fraction of sp³-hybridized carbons (Fsp3) is 0.810. The molecule has 0 radical (unpaired) electrons. The van der Waals surface area contributed by atoms with Gasteiger partial charge in [-0.3, -0.25) is 19.2 Å². The fourth-order valence-corrected chi connectivity index (χ4v) is 4.14. The lowest BCUT2D eigenvalue weighted by atomic mass is 9.65. The number of epoxide rings is 4. The highest BCUT2D eigenvalue weighted by Gasteiger charge is 2.75. The van der Waals surface area contributed by atoms with Crippen molar-refractivity contribution in [2.45, 2.75) is 43.7 Å². The van der Waals surface area contributed by atoms with E-state index < -0.39 is 34.7 Å². The first kappa shape index (κ1) is 22.5. The van der Waals surface area contributed by atoms with Gasteiger partial charge in [0, 0.05) is 0 Å². The van der Waals surface area contributed by atoms with Crippen molar-refractivity contribution in [3.63, 3.8) is 0 Å². The normalized spacial score (nSPS) is 37.6. The Labute approximate surface area is 189 Å². The van der Waals surface area contributed by atoms with Crippen molar-refractivity contribution in [2.75, 3.05) is 52.9 Å². The van der Waals surface area contributed by atoms with Crippen LogP contribution in [0.25, 0.3) is 0 Å². The Bertz CT molecular complexity index is 686. The maximum atomic E-state index is 13.5. The van der Waals surface area contributed by atoms with E-state index in [9.17, 15) is 19.2 Å². The molecule has 4 saturated heterocycles. The Balaban J connectivity index is 1.46. The van der Waals surface area contributed by atoms with E-state index in [0.29, 0.717) is 26.4 Å². The van der Waals surface area contributed by atoms with Crippen LogP contribution in [0, 0.1) is 10.8 Å². The van der Waals surface area contributed by atoms with Gasteiger partial charge in [-0.1, -0.05) is 0 Å². The second-order valence-corrected chi connectivity index (χ2v) is 8.88. The van der Waals surface area contributed by atoms with Crippen molar-refractivity contribution >= 4 is 23.9 Å². The Kier molecular flexibility index (Phi) is 6.02. The molecule has 5 rings (SSSR count). The van der Waals surface area contributed by atoms with Crippen LogP contribution in [-0.4, -0.2) is 101 Å². The molecule has 5 fully saturated rings. The van der Waals surface area contributed by atoms with E-state index in [1.54, 1.807) is 0 Å².